The van der Waals surface area contributed by atoms with Crippen LogP contribution in [0.1, 0.15) is 23.0 Å². The van der Waals surface area contributed by atoms with Gasteiger partial charge in [0.05, 0.1) is 0 Å². The van der Waals surface area contributed by atoms with Crippen LogP contribution in [0.15, 0.2) is 41.4 Å². The van der Waals surface area contributed by atoms with Crippen LogP contribution in [0.4, 0.5) is 5.69 Å². The highest BCUT2D eigenvalue weighted by Gasteiger charge is 2.20. The van der Waals surface area contributed by atoms with E-state index in [1.807, 2.05) is 13.0 Å². The van der Waals surface area contributed by atoms with Crippen LogP contribution in [0.25, 0.3) is 0 Å². The minimum absolute atomic E-state index is 0.0794. The summed E-state index contributed by atoms with van der Waals surface area (Å²) >= 11 is 0. The van der Waals surface area contributed by atoms with Gasteiger partial charge < -0.3 is 9.67 Å². The minimum Gasteiger partial charge on any atom is -0.477 e. The number of aromatic carboxylic acids is 1. The highest BCUT2D eigenvalue weighted by atomic mass is 32.2. The number of nitrogens with one attached hydrogen (secondary N) is 1. The van der Waals surface area contributed by atoms with E-state index in [2.05, 4.69) is 4.72 Å². The second-order valence-corrected chi connectivity index (χ2v) is 6.32. The van der Waals surface area contributed by atoms with Crippen molar-refractivity contribution in [2.75, 3.05) is 4.72 Å². The molecule has 1 aromatic carbocycles. The molecule has 0 amide bonds. The van der Waals surface area contributed by atoms with Crippen molar-refractivity contribution in [3.63, 3.8) is 0 Å². The van der Waals surface area contributed by atoms with Gasteiger partial charge in [-0.3, -0.25) is 4.72 Å². The van der Waals surface area contributed by atoms with E-state index < -0.39 is 16.0 Å². The average Bonchev–Trinajstić information content (AvgIpc) is 2.81. The Morgan fingerprint density at radius 1 is 1.33 bits per heavy atom. The summed E-state index contributed by atoms with van der Waals surface area (Å²) < 4.78 is 28.3. The average molecular weight is 308 g/mol. The summed E-state index contributed by atoms with van der Waals surface area (Å²) in [5.41, 5.74) is 1.38. The maximum absolute atomic E-state index is 12.3. The molecule has 0 atom stereocenters. The zero-order chi connectivity index (χ0) is 15.6. The first-order valence-electron chi connectivity index (χ1n) is 6.35. The topological polar surface area (TPSA) is 88.4 Å². The SMILES string of the molecule is CCc1cccc(NS(=O)(=O)c2cc(C(=O)O)n(C)c2)c1. The molecule has 2 N–H and O–H groups in total. The third kappa shape index (κ3) is 3.25. The molecule has 2 rings (SSSR count). The molecule has 7 heteroatoms. The van der Waals surface area contributed by atoms with E-state index in [1.54, 1.807) is 18.2 Å². The van der Waals surface area contributed by atoms with Gasteiger partial charge in [-0.25, -0.2) is 13.2 Å². The molecule has 0 saturated heterocycles. The van der Waals surface area contributed by atoms with Crippen LogP contribution < -0.4 is 4.72 Å². The van der Waals surface area contributed by atoms with Crippen molar-refractivity contribution < 1.29 is 18.3 Å². The normalized spacial score (nSPS) is 11.3. The molecule has 0 saturated carbocycles. The molecule has 0 aliphatic heterocycles. The highest BCUT2D eigenvalue weighted by molar-refractivity contribution is 7.92. The zero-order valence-electron chi connectivity index (χ0n) is 11.7. The fraction of sp³-hybridized carbons (Fsp3) is 0.214. The molecule has 112 valence electrons. The van der Waals surface area contributed by atoms with E-state index in [0.29, 0.717) is 5.69 Å². The second-order valence-electron chi connectivity index (χ2n) is 4.64. The third-order valence-corrected chi connectivity index (χ3v) is 4.45. The van der Waals surface area contributed by atoms with Gasteiger partial charge in [0, 0.05) is 18.9 Å². The van der Waals surface area contributed by atoms with Crippen LogP contribution in [0, 0.1) is 0 Å². The first-order valence-corrected chi connectivity index (χ1v) is 7.83. The van der Waals surface area contributed by atoms with Crippen molar-refractivity contribution in [1.82, 2.24) is 4.57 Å². The first-order chi connectivity index (χ1) is 9.83. The number of hydrogen-bond donors (Lipinski definition) is 2. The Kier molecular flexibility index (Phi) is 4.04. The number of aryl methyl sites for hydroxylation is 2. The molecule has 0 bridgehead atoms. The second kappa shape index (κ2) is 5.61. The number of hydrogen-bond acceptors (Lipinski definition) is 3. The molecule has 21 heavy (non-hydrogen) atoms. The monoisotopic (exact) mass is 308 g/mol. The third-order valence-electron chi connectivity index (χ3n) is 3.10. The lowest BCUT2D eigenvalue weighted by atomic mass is 10.1. The maximum Gasteiger partial charge on any atom is 0.352 e. The number of rotatable bonds is 5. The summed E-state index contributed by atoms with van der Waals surface area (Å²) in [6, 6.07) is 8.21. The van der Waals surface area contributed by atoms with E-state index in [1.165, 1.54) is 17.8 Å². The van der Waals surface area contributed by atoms with E-state index in [4.69, 9.17) is 5.11 Å². The largest absolute Gasteiger partial charge is 0.477 e. The summed E-state index contributed by atoms with van der Waals surface area (Å²) in [6.07, 6.45) is 2.07. The molecule has 0 spiro atoms. The van der Waals surface area contributed by atoms with Gasteiger partial charge in [-0.15, -0.1) is 0 Å². The Morgan fingerprint density at radius 2 is 2.05 bits per heavy atom. The molecule has 2 aromatic rings. The predicted molar refractivity (Wildman–Crippen MR) is 79.0 cm³/mol. The quantitative estimate of drug-likeness (QED) is 0.885. The van der Waals surface area contributed by atoms with Crippen molar-refractivity contribution in [2.24, 2.45) is 7.05 Å². The molecule has 0 aliphatic rings. The van der Waals surface area contributed by atoms with Gasteiger partial charge in [-0.05, 0) is 30.2 Å². The Bertz CT molecular complexity index is 778. The van der Waals surface area contributed by atoms with Crippen molar-refractivity contribution in [3.8, 4) is 0 Å². The van der Waals surface area contributed by atoms with Crippen LogP contribution in [-0.4, -0.2) is 24.1 Å². The van der Waals surface area contributed by atoms with Crippen molar-refractivity contribution >= 4 is 21.7 Å². The van der Waals surface area contributed by atoms with Crippen molar-refractivity contribution in [1.29, 1.82) is 0 Å². The number of aromatic nitrogens is 1. The number of carboxylic acids is 1. The molecule has 6 nitrogen and oxygen atoms in total. The maximum atomic E-state index is 12.3. The van der Waals surface area contributed by atoms with Crippen LogP contribution in [0.3, 0.4) is 0 Å². The minimum atomic E-state index is -3.81. The van der Waals surface area contributed by atoms with Crippen molar-refractivity contribution in [3.05, 3.63) is 47.8 Å². The summed E-state index contributed by atoms with van der Waals surface area (Å²) in [6.45, 7) is 1.98. The molecule has 0 radical (unpaired) electrons. The molecule has 1 heterocycles. The van der Waals surface area contributed by atoms with Crippen LogP contribution in [-0.2, 0) is 23.5 Å². The number of anilines is 1. The van der Waals surface area contributed by atoms with Gasteiger partial charge >= 0.3 is 5.97 Å². The molecular formula is C14H16N2O4S. The molecule has 1 aromatic heterocycles. The lowest BCUT2D eigenvalue weighted by Gasteiger charge is -2.07. The molecular weight excluding hydrogens is 292 g/mol. The Morgan fingerprint density at radius 3 is 2.62 bits per heavy atom. The van der Waals surface area contributed by atoms with Crippen LogP contribution in [0.2, 0.25) is 0 Å². The molecule has 0 unspecified atom stereocenters. The van der Waals surface area contributed by atoms with Crippen LogP contribution >= 0.6 is 0 Å². The van der Waals surface area contributed by atoms with E-state index >= 15 is 0 Å². The first kappa shape index (κ1) is 15.1. The van der Waals surface area contributed by atoms with Gasteiger partial charge in [0.15, 0.2) is 0 Å². The Labute approximate surface area is 123 Å². The summed E-state index contributed by atoms with van der Waals surface area (Å²) in [5, 5.41) is 8.97. The summed E-state index contributed by atoms with van der Waals surface area (Å²) in [7, 11) is -2.32. The molecule has 0 aliphatic carbocycles. The predicted octanol–water partition coefficient (Wildman–Crippen LogP) is 2.09. The van der Waals surface area contributed by atoms with Crippen LogP contribution in [0.5, 0.6) is 0 Å². The number of carboxylic acid groups (broad SMARTS) is 1. The Hall–Kier alpha value is -2.28. The fourth-order valence-electron chi connectivity index (χ4n) is 1.96. The highest BCUT2D eigenvalue weighted by Crippen LogP contribution is 2.19. The van der Waals surface area contributed by atoms with Crippen molar-refractivity contribution in [2.45, 2.75) is 18.2 Å². The number of carbonyl (C=O) groups is 1. The summed E-state index contributed by atoms with van der Waals surface area (Å²) in [4.78, 5) is 10.9. The van der Waals surface area contributed by atoms with Gasteiger partial charge in [0.2, 0.25) is 0 Å². The summed E-state index contributed by atoms with van der Waals surface area (Å²) in [5.74, 6) is -1.17. The van der Waals surface area contributed by atoms with Gasteiger partial charge in [-0.1, -0.05) is 19.1 Å². The zero-order valence-corrected chi connectivity index (χ0v) is 12.5. The van der Waals surface area contributed by atoms with Gasteiger partial charge in [-0.2, -0.15) is 0 Å². The van der Waals surface area contributed by atoms with Gasteiger partial charge in [0.25, 0.3) is 10.0 Å². The standard InChI is InChI=1S/C14H16N2O4S/c1-3-10-5-4-6-11(7-10)15-21(19,20)12-8-13(14(17)18)16(2)9-12/h4-9,15H,3H2,1-2H3,(H,17,18). The number of nitrogens with zero attached hydrogens (tertiary/aromatic N) is 1. The van der Waals surface area contributed by atoms with E-state index in [0.717, 1.165) is 18.1 Å². The van der Waals surface area contributed by atoms with Gasteiger partial charge in [0.1, 0.15) is 10.6 Å². The van der Waals surface area contributed by atoms with E-state index in [-0.39, 0.29) is 10.6 Å². The number of benzene rings is 1. The number of sulfonamides is 1. The smallest absolute Gasteiger partial charge is 0.352 e. The lowest BCUT2D eigenvalue weighted by molar-refractivity contribution is 0.0686. The Balaban J connectivity index is 2.34. The lowest BCUT2D eigenvalue weighted by Crippen LogP contribution is -2.12. The fourth-order valence-corrected chi connectivity index (χ4v) is 3.08. The molecule has 0 fully saturated rings. The van der Waals surface area contributed by atoms with E-state index in [9.17, 15) is 13.2 Å².